The minimum Gasteiger partial charge on any atom is -0.456 e. The molecule has 0 saturated carbocycles. The summed E-state index contributed by atoms with van der Waals surface area (Å²) in [7, 11) is 0. The third-order valence-corrected chi connectivity index (χ3v) is 7.52. The van der Waals surface area contributed by atoms with E-state index in [0.29, 0.717) is 42.9 Å². The zero-order valence-corrected chi connectivity index (χ0v) is 23.2. The zero-order chi connectivity index (χ0) is 28.1. The molecule has 9 nitrogen and oxygen atoms in total. The molecule has 2 N–H and O–H groups in total. The normalized spacial score (nSPS) is 15.4. The maximum Gasteiger partial charge on any atom is 0.291 e. The number of aryl methyl sites for hydroxylation is 2. The third kappa shape index (κ3) is 6.47. The fourth-order valence-corrected chi connectivity index (χ4v) is 5.34. The van der Waals surface area contributed by atoms with Crippen molar-refractivity contribution in [2.24, 2.45) is 0 Å². The van der Waals surface area contributed by atoms with E-state index in [2.05, 4.69) is 51.6 Å². The zero-order valence-electron chi connectivity index (χ0n) is 23.2. The quantitative estimate of drug-likeness (QED) is 0.392. The van der Waals surface area contributed by atoms with Gasteiger partial charge in [0.1, 0.15) is 5.76 Å². The lowest BCUT2D eigenvalue weighted by Gasteiger charge is -2.38. The molecule has 5 rings (SSSR count). The summed E-state index contributed by atoms with van der Waals surface area (Å²) in [5.74, 6) is 0.489. The number of amides is 3. The molecule has 0 aliphatic carbocycles. The Bertz CT molecular complexity index is 1380. The summed E-state index contributed by atoms with van der Waals surface area (Å²) < 4.78 is 5.53. The number of piperazine rings is 1. The molecule has 1 aromatic heterocycles. The van der Waals surface area contributed by atoms with E-state index in [4.69, 9.17) is 4.42 Å². The second-order valence-corrected chi connectivity index (χ2v) is 10.5. The molecule has 2 aromatic carbocycles. The highest BCUT2D eigenvalue weighted by atomic mass is 16.3. The van der Waals surface area contributed by atoms with Crippen molar-refractivity contribution in [1.82, 2.24) is 10.2 Å². The Morgan fingerprint density at radius 1 is 0.900 bits per heavy atom. The van der Waals surface area contributed by atoms with Crippen LogP contribution in [0.5, 0.6) is 0 Å². The Kier molecular flexibility index (Phi) is 8.38. The van der Waals surface area contributed by atoms with Crippen LogP contribution in [0.25, 0.3) is 0 Å². The molecule has 0 radical (unpaired) electrons. The average molecular weight is 544 g/mol. The van der Waals surface area contributed by atoms with Crippen LogP contribution >= 0.6 is 0 Å². The van der Waals surface area contributed by atoms with E-state index >= 15 is 0 Å². The van der Waals surface area contributed by atoms with E-state index in [1.165, 1.54) is 11.3 Å². The summed E-state index contributed by atoms with van der Waals surface area (Å²) in [5.41, 5.74) is 4.34. The number of nitrogens with one attached hydrogen (secondary N) is 2. The lowest BCUT2D eigenvalue weighted by Crippen LogP contribution is -2.46. The summed E-state index contributed by atoms with van der Waals surface area (Å²) in [6.07, 6.45) is 2.22. The fourth-order valence-electron chi connectivity index (χ4n) is 5.34. The molecule has 9 heteroatoms. The van der Waals surface area contributed by atoms with Crippen molar-refractivity contribution in [2.45, 2.75) is 33.1 Å². The molecule has 2 aliphatic heterocycles. The summed E-state index contributed by atoms with van der Waals surface area (Å²) in [6, 6.07) is 17.3. The van der Waals surface area contributed by atoms with Crippen molar-refractivity contribution in [3.05, 3.63) is 77.2 Å². The van der Waals surface area contributed by atoms with Crippen molar-refractivity contribution in [1.29, 1.82) is 0 Å². The molecule has 2 fully saturated rings. The molecule has 0 bridgehead atoms. The van der Waals surface area contributed by atoms with Crippen LogP contribution in [0.2, 0.25) is 0 Å². The van der Waals surface area contributed by atoms with Gasteiger partial charge in [-0.2, -0.15) is 0 Å². The van der Waals surface area contributed by atoms with Crippen molar-refractivity contribution >= 4 is 34.8 Å². The maximum atomic E-state index is 13.0. The summed E-state index contributed by atoms with van der Waals surface area (Å²) in [5, 5.41) is 5.93. The first-order chi connectivity index (χ1) is 19.4. The first kappa shape index (κ1) is 27.3. The van der Waals surface area contributed by atoms with Crippen LogP contribution < -0.4 is 20.4 Å². The van der Waals surface area contributed by atoms with Gasteiger partial charge in [0.25, 0.3) is 11.8 Å². The minimum atomic E-state index is -0.361. The average Bonchev–Trinajstić information content (AvgIpc) is 3.58. The first-order valence-corrected chi connectivity index (χ1v) is 14.0. The molecule has 0 spiro atoms. The van der Waals surface area contributed by atoms with Crippen LogP contribution in [-0.4, -0.2) is 68.4 Å². The highest BCUT2D eigenvalue weighted by Crippen LogP contribution is 2.30. The van der Waals surface area contributed by atoms with Gasteiger partial charge in [0.2, 0.25) is 5.91 Å². The predicted octanol–water partition coefficient (Wildman–Crippen LogP) is 4.22. The van der Waals surface area contributed by atoms with Gasteiger partial charge in [0.05, 0.1) is 11.4 Å². The molecule has 0 atom stereocenters. The number of carbonyl (C=O) groups is 3. The van der Waals surface area contributed by atoms with Gasteiger partial charge in [-0.3, -0.25) is 14.4 Å². The van der Waals surface area contributed by atoms with Crippen molar-refractivity contribution < 1.29 is 18.8 Å². The monoisotopic (exact) mass is 543 g/mol. The van der Waals surface area contributed by atoms with Crippen LogP contribution in [0, 0.1) is 13.8 Å². The standard InChI is InChI=1S/C31H37N5O4/c1-22-6-3-7-25(20-22)34-16-18-35(19-17-34)27-11-10-24(21-26(27)33-31(39)28-12-9-23(2)40-28)30(38)32-13-5-15-36-14-4-8-29(36)37/h3,6-7,9-12,20-21H,4-5,8,13-19H2,1-2H3,(H,32,38)(H,33,39). The van der Waals surface area contributed by atoms with Crippen molar-refractivity contribution in [2.75, 3.05) is 60.9 Å². The van der Waals surface area contributed by atoms with E-state index in [9.17, 15) is 14.4 Å². The van der Waals surface area contributed by atoms with Crippen LogP contribution in [0.4, 0.5) is 17.1 Å². The van der Waals surface area contributed by atoms with E-state index in [1.54, 1.807) is 31.2 Å². The van der Waals surface area contributed by atoms with Gasteiger partial charge in [0.15, 0.2) is 5.76 Å². The predicted molar refractivity (Wildman–Crippen MR) is 156 cm³/mol. The molecular weight excluding hydrogens is 506 g/mol. The Morgan fingerprint density at radius 2 is 1.70 bits per heavy atom. The smallest absolute Gasteiger partial charge is 0.291 e. The highest BCUT2D eigenvalue weighted by molar-refractivity contribution is 6.05. The highest BCUT2D eigenvalue weighted by Gasteiger charge is 2.23. The molecule has 3 amide bonds. The van der Waals surface area contributed by atoms with Crippen molar-refractivity contribution in [3.63, 3.8) is 0 Å². The SMILES string of the molecule is Cc1cccc(N2CCN(c3ccc(C(=O)NCCCN4CCCC4=O)cc3NC(=O)c3ccc(C)o3)CC2)c1. The Labute approximate surface area is 235 Å². The number of nitrogens with zero attached hydrogens (tertiary/aromatic N) is 3. The molecule has 3 heterocycles. The lowest BCUT2D eigenvalue weighted by molar-refractivity contribution is -0.127. The minimum absolute atomic E-state index is 0.189. The topological polar surface area (TPSA) is 98.1 Å². The van der Waals surface area contributed by atoms with Gasteiger partial charge in [-0.25, -0.2) is 0 Å². The lowest BCUT2D eigenvalue weighted by atomic mass is 10.1. The number of hydrogen-bond donors (Lipinski definition) is 2. The molecule has 0 unspecified atom stereocenters. The van der Waals surface area contributed by atoms with Gasteiger partial charge in [-0.05, 0) is 74.7 Å². The van der Waals surface area contributed by atoms with E-state index in [-0.39, 0.29) is 23.5 Å². The second-order valence-electron chi connectivity index (χ2n) is 10.5. The van der Waals surface area contributed by atoms with Crippen LogP contribution in [0.15, 0.2) is 59.0 Å². The third-order valence-electron chi connectivity index (χ3n) is 7.52. The molecule has 40 heavy (non-hydrogen) atoms. The summed E-state index contributed by atoms with van der Waals surface area (Å²) >= 11 is 0. The Balaban J connectivity index is 1.28. The van der Waals surface area contributed by atoms with Gasteiger partial charge < -0.3 is 29.8 Å². The Morgan fingerprint density at radius 3 is 2.40 bits per heavy atom. The van der Waals surface area contributed by atoms with Crippen molar-refractivity contribution in [3.8, 4) is 0 Å². The summed E-state index contributed by atoms with van der Waals surface area (Å²) in [6.45, 7) is 9.05. The molecule has 210 valence electrons. The molecular formula is C31H37N5O4. The Hall–Kier alpha value is -4.27. The number of carbonyl (C=O) groups excluding carboxylic acids is 3. The number of hydrogen-bond acceptors (Lipinski definition) is 6. The molecule has 3 aromatic rings. The van der Waals surface area contributed by atoms with E-state index in [0.717, 1.165) is 44.8 Å². The first-order valence-electron chi connectivity index (χ1n) is 14.0. The number of benzene rings is 2. The number of likely N-dealkylation sites (tertiary alicyclic amines) is 1. The number of rotatable bonds is 9. The maximum absolute atomic E-state index is 13.0. The summed E-state index contributed by atoms with van der Waals surface area (Å²) in [4.78, 5) is 44.3. The second kappa shape index (κ2) is 12.3. The van der Waals surface area contributed by atoms with Crippen LogP contribution in [0.3, 0.4) is 0 Å². The number of furan rings is 1. The van der Waals surface area contributed by atoms with Crippen LogP contribution in [0.1, 0.15) is 51.5 Å². The van der Waals surface area contributed by atoms with Gasteiger partial charge in [0, 0.05) is 63.5 Å². The van der Waals surface area contributed by atoms with E-state index in [1.807, 2.05) is 11.0 Å². The molecule has 2 saturated heterocycles. The van der Waals surface area contributed by atoms with E-state index < -0.39 is 0 Å². The van der Waals surface area contributed by atoms with Gasteiger partial charge in [-0.1, -0.05) is 12.1 Å². The van der Waals surface area contributed by atoms with Gasteiger partial charge in [-0.15, -0.1) is 0 Å². The largest absolute Gasteiger partial charge is 0.456 e. The van der Waals surface area contributed by atoms with Crippen LogP contribution in [-0.2, 0) is 4.79 Å². The fraction of sp³-hybridized carbons (Fsp3) is 0.387. The molecule has 2 aliphatic rings. The number of anilines is 3. The van der Waals surface area contributed by atoms with Gasteiger partial charge >= 0.3 is 0 Å².